The molecule has 0 aliphatic rings. The Hall–Kier alpha value is -1.15. The number of hydrogen-bond acceptors (Lipinski definition) is 1. The zero-order chi connectivity index (χ0) is 12.8. The highest BCUT2D eigenvalue weighted by molar-refractivity contribution is 5.27. The van der Waals surface area contributed by atoms with E-state index in [1.165, 1.54) is 0 Å². The fourth-order valence-corrected chi connectivity index (χ4v) is 1.89. The van der Waals surface area contributed by atoms with E-state index in [9.17, 15) is 4.39 Å². The standard InChI is InChI=1S/C15H22FN/c1-5-11(3)10-15(17-6-2)13-8-7-12(4)9-14(13)16/h7-9,15,17H,3,5-6,10H2,1-2,4H3. The van der Waals surface area contributed by atoms with Crippen LogP contribution >= 0.6 is 0 Å². The van der Waals surface area contributed by atoms with Crippen LogP contribution < -0.4 is 5.32 Å². The molecule has 0 radical (unpaired) electrons. The molecule has 94 valence electrons. The Labute approximate surface area is 104 Å². The van der Waals surface area contributed by atoms with Gasteiger partial charge in [0.2, 0.25) is 0 Å². The van der Waals surface area contributed by atoms with Crippen molar-refractivity contribution in [2.75, 3.05) is 6.54 Å². The summed E-state index contributed by atoms with van der Waals surface area (Å²) in [6.45, 7) is 10.9. The van der Waals surface area contributed by atoms with Crippen LogP contribution in [0.5, 0.6) is 0 Å². The normalized spacial score (nSPS) is 12.5. The Morgan fingerprint density at radius 3 is 2.65 bits per heavy atom. The molecule has 1 N–H and O–H groups in total. The van der Waals surface area contributed by atoms with Crippen LogP contribution in [-0.4, -0.2) is 6.54 Å². The van der Waals surface area contributed by atoms with Gasteiger partial charge in [-0.1, -0.05) is 38.1 Å². The lowest BCUT2D eigenvalue weighted by atomic mass is 9.97. The molecule has 0 fully saturated rings. The maximum absolute atomic E-state index is 13.9. The molecular formula is C15H22FN. The minimum atomic E-state index is -0.125. The van der Waals surface area contributed by atoms with E-state index in [1.54, 1.807) is 6.07 Å². The van der Waals surface area contributed by atoms with Crippen molar-refractivity contribution in [2.24, 2.45) is 0 Å². The maximum Gasteiger partial charge on any atom is 0.128 e. The summed E-state index contributed by atoms with van der Waals surface area (Å²) < 4.78 is 13.9. The molecule has 17 heavy (non-hydrogen) atoms. The first-order valence-electron chi connectivity index (χ1n) is 6.24. The number of nitrogens with one attached hydrogen (secondary N) is 1. The van der Waals surface area contributed by atoms with Gasteiger partial charge in [0.05, 0.1) is 0 Å². The maximum atomic E-state index is 13.9. The van der Waals surface area contributed by atoms with E-state index in [0.29, 0.717) is 0 Å². The molecule has 0 aliphatic heterocycles. The quantitative estimate of drug-likeness (QED) is 0.731. The monoisotopic (exact) mass is 235 g/mol. The summed E-state index contributed by atoms with van der Waals surface area (Å²) in [4.78, 5) is 0. The summed E-state index contributed by atoms with van der Waals surface area (Å²) in [7, 11) is 0. The number of hydrogen-bond donors (Lipinski definition) is 1. The van der Waals surface area contributed by atoms with Gasteiger partial charge in [0, 0.05) is 11.6 Å². The second-order valence-corrected chi connectivity index (χ2v) is 4.44. The lowest BCUT2D eigenvalue weighted by Gasteiger charge is -2.20. The summed E-state index contributed by atoms with van der Waals surface area (Å²) in [6.07, 6.45) is 1.74. The van der Waals surface area contributed by atoms with Crippen molar-refractivity contribution in [1.29, 1.82) is 0 Å². The molecule has 2 heteroatoms. The molecule has 0 spiro atoms. The van der Waals surface area contributed by atoms with Gasteiger partial charge in [-0.2, -0.15) is 0 Å². The molecule has 1 unspecified atom stereocenters. The summed E-state index contributed by atoms with van der Waals surface area (Å²) >= 11 is 0. The van der Waals surface area contributed by atoms with Gasteiger partial charge in [-0.05, 0) is 37.9 Å². The highest BCUT2D eigenvalue weighted by Gasteiger charge is 2.15. The summed E-state index contributed by atoms with van der Waals surface area (Å²) in [5.41, 5.74) is 2.85. The zero-order valence-corrected chi connectivity index (χ0v) is 11.0. The van der Waals surface area contributed by atoms with Crippen LogP contribution in [0.15, 0.2) is 30.4 Å². The second kappa shape index (κ2) is 6.55. The van der Waals surface area contributed by atoms with Gasteiger partial charge in [0.15, 0.2) is 0 Å². The minimum Gasteiger partial charge on any atom is -0.310 e. The van der Waals surface area contributed by atoms with E-state index in [2.05, 4.69) is 18.8 Å². The Bertz CT molecular complexity index is 385. The van der Waals surface area contributed by atoms with Gasteiger partial charge in [-0.15, -0.1) is 0 Å². The molecule has 0 aliphatic carbocycles. The smallest absolute Gasteiger partial charge is 0.128 e. The predicted octanol–water partition coefficient (Wildman–Crippen LogP) is 4.14. The van der Waals surface area contributed by atoms with Gasteiger partial charge in [-0.3, -0.25) is 0 Å². The van der Waals surface area contributed by atoms with E-state index in [0.717, 1.165) is 36.1 Å². The minimum absolute atomic E-state index is 0.0352. The molecule has 1 nitrogen and oxygen atoms in total. The molecule has 0 amide bonds. The van der Waals surface area contributed by atoms with Crippen molar-refractivity contribution in [1.82, 2.24) is 5.32 Å². The van der Waals surface area contributed by atoms with Crippen molar-refractivity contribution < 1.29 is 4.39 Å². The molecule has 1 aromatic carbocycles. The Kier molecular flexibility index (Phi) is 5.36. The third kappa shape index (κ3) is 3.97. The lowest BCUT2D eigenvalue weighted by Crippen LogP contribution is -2.22. The van der Waals surface area contributed by atoms with E-state index in [1.807, 2.05) is 26.0 Å². The van der Waals surface area contributed by atoms with E-state index < -0.39 is 0 Å². The SMILES string of the molecule is C=C(CC)CC(NCC)c1ccc(C)cc1F. The van der Waals surface area contributed by atoms with Gasteiger partial charge >= 0.3 is 0 Å². The molecule has 0 saturated carbocycles. The van der Waals surface area contributed by atoms with Crippen molar-refractivity contribution >= 4 is 0 Å². The highest BCUT2D eigenvalue weighted by Crippen LogP contribution is 2.24. The van der Waals surface area contributed by atoms with Gasteiger partial charge in [0.25, 0.3) is 0 Å². The van der Waals surface area contributed by atoms with E-state index >= 15 is 0 Å². The van der Waals surface area contributed by atoms with Crippen molar-refractivity contribution in [3.63, 3.8) is 0 Å². The van der Waals surface area contributed by atoms with Gasteiger partial charge < -0.3 is 5.32 Å². The van der Waals surface area contributed by atoms with Crippen molar-refractivity contribution in [3.8, 4) is 0 Å². The summed E-state index contributed by atoms with van der Waals surface area (Å²) in [6, 6.07) is 5.46. The fraction of sp³-hybridized carbons (Fsp3) is 0.467. The number of halogens is 1. The largest absolute Gasteiger partial charge is 0.310 e. The summed E-state index contributed by atoms with van der Waals surface area (Å²) in [5, 5.41) is 3.32. The second-order valence-electron chi connectivity index (χ2n) is 4.44. The third-order valence-corrected chi connectivity index (χ3v) is 2.97. The molecule has 0 aromatic heterocycles. The molecule has 1 atom stereocenters. The first kappa shape index (κ1) is 13.9. The average Bonchev–Trinajstić information content (AvgIpc) is 2.28. The molecule has 0 bridgehead atoms. The van der Waals surface area contributed by atoms with Crippen molar-refractivity contribution in [2.45, 2.75) is 39.7 Å². The van der Waals surface area contributed by atoms with Crippen LogP contribution in [-0.2, 0) is 0 Å². The first-order chi connectivity index (χ1) is 8.08. The summed E-state index contributed by atoms with van der Waals surface area (Å²) in [5.74, 6) is -0.125. The predicted molar refractivity (Wildman–Crippen MR) is 71.6 cm³/mol. The number of rotatable bonds is 6. The average molecular weight is 235 g/mol. The van der Waals surface area contributed by atoms with Crippen molar-refractivity contribution in [3.05, 3.63) is 47.3 Å². The fourth-order valence-electron chi connectivity index (χ4n) is 1.89. The Morgan fingerprint density at radius 2 is 2.12 bits per heavy atom. The highest BCUT2D eigenvalue weighted by atomic mass is 19.1. The third-order valence-electron chi connectivity index (χ3n) is 2.97. The van der Waals surface area contributed by atoms with Gasteiger partial charge in [-0.25, -0.2) is 4.39 Å². The molecular weight excluding hydrogens is 213 g/mol. The molecule has 1 rings (SSSR count). The van der Waals surface area contributed by atoms with Crippen LogP contribution in [0.2, 0.25) is 0 Å². The molecule has 0 heterocycles. The van der Waals surface area contributed by atoms with Crippen LogP contribution in [0.4, 0.5) is 4.39 Å². The van der Waals surface area contributed by atoms with Crippen LogP contribution in [0.25, 0.3) is 0 Å². The zero-order valence-electron chi connectivity index (χ0n) is 11.0. The topological polar surface area (TPSA) is 12.0 Å². The van der Waals surface area contributed by atoms with Crippen LogP contribution in [0.1, 0.15) is 43.9 Å². The molecule has 1 aromatic rings. The van der Waals surface area contributed by atoms with Gasteiger partial charge in [0.1, 0.15) is 5.82 Å². The molecule has 0 saturated heterocycles. The van der Waals surface area contributed by atoms with E-state index in [4.69, 9.17) is 0 Å². The van der Waals surface area contributed by atoms with Crippen LogP contribution in [0.3, 0.4) is 0 Å². The van der Waals surface area contributed by atoms with Crippen LogP contribution in [0, 0.1) is 12.7 Å². The lowest BCUT2D eigenvalue weighted by molar-refractivity contribution is 0.505. The number of aryl methyl sites for hydroxylation is 1. The Balaban J connectivity index is 2.92. The number of benzene rings is 1. The Morgan fingerprint density at radius 1 is 1.41 bits per heavy atom. The van der Waals surface area contributed by atoms with E-state index in [-0.39, 0.29) is 11.9 Å². The first-order valence-corrected chi connectivity index (χ1v) is 6.24.